The number of ether oxygens (including phenoxy) is 1. The molecular weight excluding hydrogens is 200 g/mol. The lowest BCUT2D eigenvalue weighted by molar-refractivity contribution is -0.149. The highest BCUT2D eigenvalue weighted by atomic mass is 16.7. The number of esters is 1. The second-order valence-electron chi connectivity index (χ2n) is 3.64. The number of rotatable bonds is 3. The summed E-state index contributed by atoms with van der Waals surface area (Å²) in [4.78, 5) is 26.7. The number of amidine groups is 1. The summed E-state index contributed by atoms with van der Waals surface area (Å²) in [5.41, 5.74) is 4.77. The van der Waals surface area contributed by atoms with E-state index in [0.717, 1.165) is 12.8 Å². The van der Waals surface area contributed by atoms with Crippen molar-refractivity contribution in [2.24, 2.45) is 16.3 Å². The molecule has 0 aromatic rings. The van der Waals surface area contributed by atoms with Crippen LogP contribution in [-0.4, -0.2) is 24.4 Å². The summed E-state index contributed by atoms with van der Waals surface area (Å²) in [5, 5.41) is 3.22. The third kappa shape index (κ3) is 2.93. The van der Waals surface area contributed by atoms with E-state index in [1.165, 1.54) is 0 Å². The van der Waals surface area contributed by atoms with Crippen molar-refractivity contribution in [1.82, 2.24) is 0 Å². The van der Waals surface area contributed by atoms with Crippen molar-refractivity contribution in [1.29, 1.82) is 0 Å². The van der Waals surface area contributed by atoms with E-state index >= 15 is 0 Å². The van der Waals surface area contributed by atoms with Crippen LogP contribution in [0.2, 0.25) is 0 Å². The average molecular weight is 214 g/mol. The van der Waals surface area contributed by atoms with E-state index in [1.807, 2.05) is 0 Å². The van der Waals surface area contributed by atoms with Crippen molar-refractivity contribution >= 4 is 17.8 Å². The highest BCUT2D eigenvalue weighted by Crippen LogP contribution is 2.45. The van der Waals surface area contributed by atoms with Gasteiger partial charge in [0.05, 0.1) is 12.0 Å². The Bertz CT molecular complexity index is 307. The normalized spacial score (nSPS) is 18.1. The van der Waals surface area contributed by atoms with Gasteiger partial charge in [-0.2, -0.15) is 0 Å². The van der Waals surface area contributed by atoms with E-state index in [0.29, 0.717) is 0 Å². The summed E-state index contributed by atoms with van der Waals surface area (Å²) in [5.74, 6) is -1.70. The SMILES string of the molecule is CCOC(=O)/C(N)=N/OC(=O)C1(C)CC1. The highest BCUT2D eigenvalue weighted by molar-refractivity contribution is 6.34. The number of carbonyl (C=O) groups is 2. The molecule has 0 bridgehead atoms. The minimum Gasteiger partial charge on any atom is -0.460 e. The maximum atomic E-state index is 11.3. The summed E-state index contributed by atoms with van der Waals surface area (Å²) < 4.78 is 4.55. The van der Waals surface area contributed by atoms with Crippen LogP contribution in [0, 0.1) is 5.41 Å². The summed E-state index contributed by atoms with van der Waals surface area (Å²) in [6.07, 6.45) is 1.56. The second kappa shape index (κ2) is 4.29. The Balaban J connectivity index is 2.43. The molecule has 1 fully saturated rings. The Morgan fingerprint density at radius 3 is 2.53 bits per heavy atom. The van der Waals surface area contributed by atoms with Crippen molar-refractivity contribution < 1.29 is 19.2 Å². The van der Waals surface area contributed by atoms with Gasteiger partial charge in [-0.25, -0.2) is 9.59 Å². The summed E-state index contributed by atoms with van der Waals surface area (Å²) >= 11 is 0. The Morgan fingerprint density at radius 2 is 2.07 bits per heavy atom. The van der Waals surface area contributed by atoms with Gasteiger partial charge >= 0.3 is 11.9 Å². The molecule has 0 amide bonds. The van der Waals surface area contributed by atoms with Gasteiger partial charge in [0.15, 0.2) is 0 Å². The fourth-order valence-corrected chi connectivity index (χ4v) is 0.835. The van der Waals surface area contributed by atoms with E-state index in [9.17, 15) is 9.59 Å². The first-order valence-electron chi connectivity index (χ1n) is 4.71. The maximum Gasteiger partial charge on any atom is 0.377 e. The maximum absolute atomic E-state index is 11.3. The number of nitrogens with two attached hydrogens (primary N) is 1. The van der Waals surface area contributed by atoms with Crippen LogP contribution < -0.4 is 5.73 Å². The van der Waals surface area contributed by atoms with Crippen LogP contribution in [0.4, 0.5) is 0 Å². The third-order valence-corrected chi connectivity index (χ3v) is 2.20. The lowest BCUT2D eigenvalue weighted by Crippen LogP contribution is -2.27. The van der Waals surface area contributed by atoms with Gasteiger partial charge in [0.25, 0.3) is 0 Å². The van der Waals surface area contributed by atoms with Crippen molar-refractivity contribution in [3.05, 3.63) is 0 Å². The fourth-order valence-electron chi connectivity index (χ4n) is 0.835. The molecule has 0 radical (unpaired) electrons. The number of hydrogen-bond acceptors (Lipinski definition) is 5. The monoisotopic (exact) mass is 214 g/mol. The molecule has 2 N–H and O–H groups in total. The first kappa shape index (κ1) is 11.5. The first-order chi connectivity index (χ1) is 6.99. The molecule has 0 spiro atoms. The molecule has 6 nitrogen and oxygen atoms in total. The van der Waals surface area contributed by atoms with Crippen LogP contribution in [-0.2, 0) is 19.2 Å². The van der Waals surface area contributed by atoms with Crippen molar-refractivity contribution in [3.8, 4) is 0 Å². The molecule has 0 heterocycles. The summed E-state index contributed by atoms with van der Waals surface area (Å²) in [7, 11) is 0. The van der Waals surface area contributed by atoms with Crippen LogP contribution in [0.5, 0.6) is 0 Å². The molecule has 0 saturated heterocycles. The van der Waals surface area contributed by atoms with E-state index < -0.39 is 23.2 Å². The Kier molecular flexibility index (Phi) is 3.28. The van der Waals surface area contributed by atoms with Crippen LogP contribution >= 0.6 is 0 Å². The molecule has 0 aromatic heterocycles. The van der Waals surface area contributed by atoms with Gasteiger partial charge in [-0.1, -0.05) is 5.16 Å². The van der Waals surface area contributed by atoms with Gasteiger partial charge in [-0.3, -0.25) is 0 Å². The predicted octanol–water partition coefficient (Wildman–Crippen LogP) is 0.165. The largest absolute Gasteiger partial charge is 0.460 e. The first-order valence-corrected chi connectivity index (χ1v) is 4.71. The van der Waals surface area contributed by atoms with Gasteiger partial charge < -0.3 is 15.3 Å². The van der Waals surface area contributed by atoms with Crippen LogP contribution in [0.15, 0.2) is 5.16 Å². The number of nitrogens with zero attached hydrogens (tertiary/aromatic N) is 1. The number of oxime groups is 1. The van der Waals surface area contributed by atoms with E-state index in [2.05, 4.69) is 14.7 Å². The second-order valence-corrected chi connectivity index (χ2v) is 3.64. The van der Waals surface area contributed by atoms with E-state index in [4.69, 9.17) is 5.73 Å². The molecule has 84 valence electrons. The number of carbonyl (C=O) groups excluding carboxylic acids is 2. The highest BCUT2D eigenvalue weighted by Gasteiger charge is 2.47. The van der Waals surface area contributed by atoms with Gasteiger partial charge in [0.1, 0.15) is 0 Å². The third-order valence-electron chi connectivity index (χ3n) is 2.20. The lowest BCUT2D eigenvalue weighted by atomic mass is 10.2. The molecule has 0 aliphatic heterocycles. The Hall–Kier alpha value is -1.59. The molecule has 0 aromatic carbocycles. The fraction of sp³-hybridized carbons (Fsp3) is 0.667. The van der Waals surface area contributed by atoms with Crippen molar-refractivity contribution in [3.63, 3.8) is 0 Å². The summed E-state index contributed by atoms with van der Waals surface area (Å²) in [6, 6.07) is 0. The standard InChI is InChI=1S/C9H14N2O4/c1-3-14-7(12)6(10)11-15-8(13)9(2)4-5-9/h3-5H2,1-2H3,(H2,10,11). The molecule has 0 unspecified atom stereocenters. The zero-order valence-corrected chi connectivity index (χ0v) is 8.78. The molecule has 0 atom stereocenters. The van der Waals surface area contributed by atoms with Crippen LogP contribution in [0.1, 0.15) is 26.7 Å². The van der Waals surface area contributed by atoms with Crippen LogP contribution in [0.25, 0.3) is 0 Å². The van der Waals surface area contributed by atoms with Crippen molar-refractivity contribution in [2.45, 2.75) is 26.7 Å². The molecule has 1 aliphatic rings. The molecule has 6 heteroatoms. The van der Waals surface area contributed by atoms with Gasteiger partial charge in [0.2, 0.25) is 5.84 Å². The van der Waals surface area contributed by atoms with Gasteiger partial charge in [0, 0.05) is 0 Å². The summed E-state index contributed by atoms with van der Waals surface area (Å²) in [6.45, 7) is 3.61. The zero-order chi connectivity index (χ0) is 11.5. The minimum absolute atomic E-state index is 0.195. The molecule has 15 heavy (non-hydrogen) atoms. The number of hydrogen-bond donors (Lipinski definition) is 1. The quantitative estimate of drug-likeness (QED) is 0.237. The molecule has 1 rings (SSSR count). The predicted molar refractivity (Wildman–Crippen MR) is 51.7 cm³/mol. The molecule has 1 aliphatic carbocycles. The lowest BCUT2D eigenvalue weighted by Gasteiger charge is -2.04. The Morgan fingerprint density at radius 1 is 1.47 bits per heavy atom. The smallest absolute Gasteiger partial charge is 0.377 e. The molecule has 1 saturated carbocycles. The topological polar surface area (TPSA) is 91.0 Å². The zero-order valence-electron chi connectivity index (χ0n) is 8.78. The van der Waals surface area contributed by atoms with Crippen LogP contribution in [0.3, 0.4) is 0 Å². The minimum atomic E-state index is -0.786. The van der Waals surface area contributed by atoms with Gasteiger partial charge in [-0.05, 0) is 26.7 Å². The van der Waals surface area contributed by atoms with Crippen molar-refractivity contribution in [2.75, 3.05) is 6.61 Å². The molecular formula is C9H14N2O4. The van der Waals surface area contributed by atoms with E-state index in [-0.39, 0.29) is 6.61 Å². The van der Waals surface area contributed by atoms with E-state index in [1.54, 1.807) is 13.8 Å². The van der Waals surface area contributed by atoms with Gasteiger partial charge in [-0.15, -0.1) is 0 Å². The average Bonchev–Trinajstić information content (AvgIpc) is 2.94. The Labute approximate surface area is 87.4 Å².